The Kier molecular flexibility index (Phi) is 5.12. The zero-order valence-electron chi connectivity index (χ0n) is 11.4. The van der Waals surface area contributed by atoms with E-state index in [1.807, 2.05) is 6.07 Å². The second-order valence-corrected chi connectivity index (χ2v) is 4.98. The van der Waals surface area contributed by atoms with Crippen molar-refractivity contribution >= 4 is 17.5 Å². The topological polar surface area (TPSA) is 69.6 Å². The number of hydrogen-bond donors (Lipinski definition) is 2. The lowest BCUT2D eigenvalue weighted by Crippen LogP contribution is -2.42. The molecule has 1 aromatic carbocycles. The lowest BCUT2D eigenvalue weighted by atomic mass is 10.1. The Labute approximate surface area is 118 Å². The normalized spacial score (nSPS) is 18.1. The maximum absolute atomic E-state index is 12.2. The van der Waals surface area contributed by atoms with Gasteiger partial charge in [0.2, 0.25) is 0 Å². The zero-order chi connectivity index (χ0) is 14.4. The summed E-state index contributed by atoms with van der Waals surface area (Å²) in [6, 6.07) is 9.04. The van der Waals surface area contributed by atoms with Gasteiger partial charge in [-0.15, -0.1) is 0 Å². The van der Waals surface area contributed by atoms with E-state index in [-0.39, 0.29) is 12.6 Å². The van der Waals surface area contributed by atoms with E-state index >= 15 is 0 Å². The Morgan fingerprint density at radius 3 is 2.75 bits per heavy atom. The number of hydrogen-bond acceptors (Lipinski definition) is 3. The summed E-state index contributed by atoms with van der Waals surface area (Å²) in [6.45, 7) is 0.742. The first-order valence-electron chi connectivity index (χ1n) is 7.00. The van der Waals surface area contributed by atoms with Crippen molar-refractivity contribution in [1.29, 1.82) is 0 Å². The van der Waals surface area contributed by atoms with Crippen LogP contribution in [0, 0.1) is 0 Å². The second-order valence-electron chi connectivity index (χ2n) is 4.98. The van der Waals surface area contributed by atoms with Gasteiger partial charge in [-0.3, -0.25) is 9.59 Å². The van der Waals surface area contributed by atoms with Gasteiger partial charge in [0.15, 0.2) is 0 Å². The number of rotatable bonds is 4. The average Bonchev–Trinajstić information content (AvgIpc) is 2.93. The molecule has 1 heterocycles. The molecule has 20 heavy (non-hydrogen) atoms. The third-order valence-corrected chi connectivity index (χ3v) is 3.56. The first-order valence-corrected chi connectivity index (χ1v) is 7.00. The number of anilines is 1. The highest BCUT2D eigenvalue weighted by Crippen LogP contribution is 2.21. The fourth-order valence-corrected chi connectivity index (χ4v) is 2.57. The highest BCUT2D eigenvalue weighted by Gasteiger charge is 2.31. The highest BCUT2D eigenvalue weighted by atomic mass is 16.3. The molecule has 0 bridgehead atoms. The Morgan fingerprint density at radius 1 is 1.30 bits per heavy atom. The van der Waals surface area contributed by atoms with Crippen molar-refractivity contribution < 1.29 is 14.7 Å². The number of nitrogens with one attached hydrogen (secondary N) is 1. The fourth-order valence-electron chi connectivity index (χ4n) is 2.57. The maximum atomic E-state index is 12.2. The lowest BCUT2D eigenvalue weighted by Gasteiger charge is -2.23. The number of para-hydroxylation sites is 1. The quantitative estimate of drug-likeness (QED) is 0.816. The summed E-state index contributed by atoms with van der Waals surface area (Å²) >= 11 is 0. The molecule has 0 aromatic heterocycles. The van der Waals surface area contributed by atoms with E-state index in [0.29, 0.717) is 18.7 Å². The van der Waals surface area contributed by atoms with E-state index in [9.17, 15) is 9.59 Å². The number of aliphatic hydroxyl groups excluding tert-OH is 1. The minimum Gasteiger partial charge on any atom is -0.396 e. The van der Waals surface area contributed by atoms with Gasteiger partial charge in [-0.2, -0.15) is 0 Å². The van der Waals surface area contributed by atoms with Gasteiger partial charge in [0.25, 0.3) is 0 Å². The molecule has 5 heteroatoms. The van der Waals surface area contributed by atoms with Crippen molar-refractivity contribution in [2.45, 2.75) is 31.7 Å². The van der Waals surface area contributed by atoms with Crippen LogP contribution in [0.2, 0.25) is 0 Å². The number of nitrogens with zero attached hydrogens (tertiary/aromatic N) is 1. The highest BCUT2D eigenvalue weighted by molar-refractivity contribution is 6.39. The molecule has 5 nitrogen and oxygen atoms in total. The molecular formula is C15H20N2O3. The van der Waals surface area contributed by atoms with Gasteiger partial charge in [0.1, 0.15) is 0 Å². The van der Waals surface area contributed by atoms with Crippen LogP contribution in [0.4, 0.5) is 5.69 Å². The molecule has 2 N–H and O–H groups in total. The van der Waals surface area contributed by atoms with Crippen LogP contribution in [0.3, 0.4) is 0 Å². The molecule has 0 saturated carbocycles. The van der Waals surface area contributed by atoms with E-state index in [0.717, 1.165) is 19.3 Å². The SMILES string of the molecule is O=C(Nc1ccccc1)C(=O)N1CCCC1CCCO. The van der Waals surface area contributed by atoms with Crippen molar-refractivity contribution in [3.05, 3.63) is 30.3 Å². The minimum atomic E-state index is -0.591. The van der Waals surface area contributed by atoms with Gasteiger partial charge >= 0.3 is 11.8 Å². The number of carbonyl (C=O) groups excluding carboxylic acids is 2. The Morgan fingerprint density at radius 2 is 2.05 bits per heavy atom. The predicted octanol–water partition coefficient (Wildman–Crippen LogP) is 1.39. The van der Waals surface area contributed by atoms with Crippen LogP contribution in [0.5, 0.6) is 0 Å². The van der Waals surface area contributed by atoms with Gasteiger partial charge in [-0.25, -0.2) is 0 Å². The van der Waals surface area contributed by atoms with E-state index < -0.39 is 11.8 Å². The van der Waals surface area contributed by atoms with E-state index in [4.69, 9.17) is 5.11 Å². The zero-order valence-corrected chi connectivity index (χ0v) is 11.4. The van der Waals surface area contributed by atoms with Gasteiger partial charge in [0.05, 0.1) is 0 Å². The van der Waals surface area contributed by atoms with Crippen molar-refractivity contribution in [2.75, 3.05) is 18.5 Å². The smallest absolute Gasteiger partial charge is 0.313 e. The summed E-state index contributed by atoms with van der Waals surface area (Å²) in [6.07, 6.45) is 3.24. The standard InChI is InChI=1S/C15H20N2O3/c18-11-5-9-13-8-4-10-17(13)15(20)14(19)16-12-6-2-1-3-7-12/h1-3,6-7,13,18H,4-5,8-11H2,(H,16,19). The molecule has 1 fully saturated rings. The molecule has 2 amide bonds. The Hall–Kier alpha value is -1.88. The summed E-state index contributed by atoms with van der Waals surface area (Å²) in [5.74, 6) is -1.07. The van der Waals surface area contributed by atoms with E-state index in [1.54, 1.807) is 29.2 Å². The van der Waals surface area contributed by atoms with Crippen molar-refractivity contribution in [3.8, 4) is 0 Å². The number of benzene rings is 1. The fraction of sp³-hybridized carbons (Fsp3) is 0.467. The molecule has 0 aliphatic carbocycles. The summed E-state index contributed by atoms with van der Waals surface area (Å²) in [7, 11) is 0. The van der Waals surface area contributed by atoms with E-state index in [2.05, 4.69) is 5.32 Å². The third-order valence-electron chi connectivity index (χ3n) is 3.56. The number of amides is 2. The van der Waals surface area contributed by atoms with Gasteiger partial charge < -0.3 is 15.3 Å². The molecule has 1 aliphatic heterocycles. The Balaban J connectivity index is 1.94. The lowest BCUT2D eigenvalue weighted by molar-refractivity contribution is -0.143. The minimum absolute atomic E-state index is 0.0798. The maximum Gasteiger partial charge on any atom is 0.313 e. The number of aliphatic hydroxyl groups is 1. The molecule has 1 unspecified atom stereocenters. The summed E-state index contributed by atoms with van der Waals surface area (Å²) < 4.78 is 0. The molecule has 108 valence electrons. The number of likely N-dealkylation sites (tertiary alicyclic amines) is 1. The second kappa shape index (κ2) is 7.05. The molecule has 2 rings (SSSR count). The molecule has 1 aliphatic rings. The third kappa shape index (κ3) is 3.57. The van der Waals surface area contributed by atoms with Crippen LogP contribution >= 0.6 is 0 Å². The molecule has 0 radical (unpaired) electrons. The predicted molar refractivity (Wildman–Crippen MR) is 76.1 cm³/mol. The number of carbonyl (C=O) groups is 2. The van der Waals surface area contributed by atoms with Crippen molar-refractivity contribution in [3.63, 3.8) is 0 Å². The molecule has 1 atom stereocenters. The molecule has 1 saturated heterocycles. The van der Waals surface area contributed by atoms with Gasteiger partial charge in [-0.05, 0) is 37.8 Å². The first-order chi connectivity index (χ1) is 9.72. The largest absolute Gasteiger partial charge is 0.396 e. The van der Waals surface area contributed by atoms with Crippen LogP contribution in [-0.4, -0.2) is 41.0 Å². The van der Waals surface area contributed by atoms with Crippen molar-refractivity contribution in [1.82, 2.24) is 4.90 Å². The molecule has 0 spiro atoms. The van der Waals surface area contributed by atoms with Crippen LogP contribution in [0.15, 0.2) is 30.3 Å². The summed E-state index contributed by atoms with van der Waals surface area (Å²) in [5, 5.41) is 11.5. The van der Waals surface area contributed by atoms with Crippen LogP contribution in [-0.2, 0) is 9.59 Å². The Bertz CT molecular complexity index is 461. The van der Waals surface area contributed by atoms with Crippen LogP contribution in [0.25, 0.3) is 0 Å². The molecule has 1 aromatic rings. The van der Waals surface area contributed by atoms with Gasteiger partial charge in [-0.1, -0.05) is 18.2 Å². The average molecular weight is 276 g/mol. The molecular weight excluding hydrogens is 256 g/mol. The van der Waals surface area contributed by atoms with Gasteiger partial charge in [0, 0.05) is 24.9 Å². The van der Waals surface area contributed by atoms with E-state index in [1.165, 1.54) is 0 Å². The van der Waals surface area contributed by atoms with Crippen molar-refractivity contribution in [2.24, 2.45) is 0 Å². The van der Waals surface area contributed by atoms with Crippen LogP contribution in [0.1, 0.15) is 25.7 Å². The first kappa shape index (κ1) is 14.5. The van der Waals surface area contributed by atoms with Crippen LogP contribution < -0.4 is 5.32 Å². The summed E-state index contributed by atoms with van der Waals surface area (Å²) in [5.41, 5.74) is 0.622. The monoisotopic (exact) mass is 276 g/mol. The summed E-state index contributed by atoms with van der Waals surface area (Å²) in [4.78, 5) is 25.8.